The van der Waals surface area contributed by atoms with Gasteiger partial charge in [-0.25, -0.2) is 19.9 Å². The van der Waals surface area contributed by atoms with Gasteiger partial charge in [-0.15, -0.1) is 0 Å². The van der Waals surface area contributed by atoms with E-state index < -0.39 is 0 Å². The summed E-state index contributed by atoms with van der Waals surface area (Å²) in [5, 5.41) is 0. The minimum Gasteiger partial charge on any atom is -0.458 e. The Morgan fingerprint density at radius 1 is 1.20 bits per heavy atom. The highest BCUT2D eigenvalue weighted by molar-refractivity contribution is 5.32. The van der Waals surface area contributed by atoms with Crippen molar-refractivity contribution in [3.05, 3.63) is 35.9 Å². The molecular formula is C14H17N5O. The summed E-state index contributed by atoms with van der Waals surface area (Å²) in [7, 11) is 0. The van der Waals surface area contributed by atoms with E-state index in [0.29, 0.717) is 6.01 Å². The van der Waals surface area contributed by atoms with E-state index in [1.807, 2.05) is 19.9 Å². The van der Waals surface area contributed by atoms with Crippen LogP contribution < -0.4 is 9.64 Å². The summed E-state index contributed by atoms with van der Waals surface area (Å²) in [6, 6.07) is 2.33. The third-order valence-corrected chi connectivity index (χ3v) is 3.24. The van der Waals surface area contributed by atoms with Crippen molar-refractivity contribution in [2.45, 2.75) is 26.4 Å². The maximum absolute atomic E-state index is 5.79. The fourth-order valence-corrected chi connectivity index (χ4v) is 2.18. The number of anilines is 1. The molecule has 0 bridgehead atoms. The number of hydrogen-bond acceptors (Lipinski definition) is 6. The lowest BCUT2D eigenvalue weighted by molar-refractivity contribution is 0.206. The Kier molecular flexibility index (Phi) is 3.45. The Morgan fingerprint density at radius 3 is 2.75 bits per heavy atom. The molecule has 2 aromatic rings. The average Bonchev–Trinajstić information content (AvgIpc) is 2.90. The zero-order valence-corrected chi connectivity index (χ0v) is 11.7. The molecular weight excluding hydrogens is 254 g/mol. The molecule has 0 N–H and O–H groups in total. The van der Waals surface area contributed by atoms with Crippen molar-refractivity contribution in [2.75, 3.05) is 18.0 Å². The van der Waals surface area contributed by atoms with Crippen molar-refractivity contribution in [1.82, 2.24) is 19.9 Å². The summed E-state index contributed by atoms with van der Waals surface area (Å²) in [5.74, 6) is 0.765. The Balaban J connectivity index is 1.63. The van der Waals surface area contributed by atoms with Crippen molar-refractivity contribution >= 4 is 5.95 Å². The fraction of sp³-hybridized carbons (Fsp3) is 0.429. The van der Waals surface area contributed by atoms with Gasteiger partial charge in [0.25, 0.3) is 0 Å². The number of aryl methyl sites for hydroxylation is 2. The second-order valence-electron chi connectivity index (χ2n) is 5.02. The van der Waals surface area contributed by atoms with Crippen LogP contribution in [0.3, 0.4) is 0 Å². The number of nitrogens with zero attached hydrogens (tertiary/aromatic N) is 5. The summed E-state index contributed by atoms with van der Waals surface area (Å²) < 4.78 is 5.79. The van der Waals surface area contributed by atoms with Gasteiger partial charge in [0.1, 0.15) is 6.10 Å². The van der Waals surface area contributed by atoms with E-state index in [0.717, 1.165) is 36.7 Å². The van der Waals surface area contributed by atoms with Crippen LogP contribution in [0.25, 0.3) is 0 Å². The van der Waals surface area contributed by atoms with Gasteiger partial charge in [-0.05, 0) is 25.5 Å². The summed E-state index contributed by atoms with van der Waals surface area (Å²) in [6.45, 7) is 5.58. The third kappa shape index (κ3) is 2.84. The van der Waals surface area contributed by atoms with Crippen LogP contribution in [0.5, 0.6) is 6.01 Å². The van der Waals surface area contributed by atoms with Crippen molar-refractivity contribution in [1.29, 1.82) is 0 Å². The molecule has 3 rings (SSSR count). The zero-order valence-electron chi connectivity index (χ0n) is 11.7. The first kappa shape index (κ1) is 12.8. The predicted octanol–water partition coefficient (Wildman–Crippen LogP) is 1.54. The van der Waals surface area contributed by atoms with Crippen molar-refractivity contribution in [3.63, 3.8) is 0 Å². The van der Waals surface area contributed by atoms with Crippen molar-refractivity contribution in [2.24, 2.45) is 0 Å². The molecule has 6 nitrogen and oxygen atoms in total. The molecule has 0 aliphatic carbocycles. The first-order valence-electron chi connectivity index (χ1n) is 6.70. The minimum atomic E-state index is 0.0850. The van der Waals surface area contributed by atoms with Crippen LogP contribution in [-0.2, 0) is 0 Å². The summed E-state index contributed by atoms with van der Waals surface area (Å²) in [5.41, 5.74) is 2.00. The van der Waals surface area contributed by atoms with Gasteiger partial charge in [0.2, 0.25) is 5.95 Å². The summed E-state index contributed by atoms with van der Waals surface area (Å²) in [4.78, 5) is 19.2. The lowest BCUT2D eigenvalue weighted by Gasteiger charge is -2.16. The van der Waals surface area contributed by atoms with Crippen LogP contribution >= 0.6 is 0 Å². The van der Waals surface area contributed by atoms with Gasteiger partial charge >= 0.3 is 6.01 Å². The second kappa shape index (κ2) is 5.40. The van der Waals surface area contributed by atoms with Crippen LogP contribution in [0.15, 0.2) is 24.7 Å². The number of aromatic nitrogens is 4. The monoisotopic (exact) mass is 271 g/mol. The van der Waals surface area contributed by atoms with E-state index in [1.165, 1.54) is 0 Å². The highest BCUT2D eigenvalue weighted by atomic mass is 16.5. The largest absolute Gasteiger partial charge is 0.458 e. The van der Waals surface area contributed by atoms with Gasteiger partial charge in [-0.1, -0.05) is 0 Å². The first-order chi connectivity index (χ1) is 9.70. The topological polar surface area (TPSA) is 64.0 Å². The van der Waals surface area contributed by atoms with Crippen LogP contribution in [0.1, 0.15) is 17.7 Å². The summed E-state index contributed by atoms with van der Waals surface area (Å²) >= 11 is 0. The van der Waals surface area contributed by atoms with Gasteiger partial charge < -0.3 is 9.64 Å². The Hall–Kier alpha value is -2.24. The molecule has 3 heterocycles. The maximum Gasteiger partial charge on any atom is 0.316 e. The van der Waals surface area contributed by atoms with Crippen molar-refractivity contribution < 1.29 is 4.74 Å². The Morgan fingerprint density at radius 2 is 2.00 bits per heavy atom. The van der Waals surface area contributed by atoms with Crippen LogP contribution in [0.4, 0.5) is 5.95 Å². The normalized spacial score (nSPS) is 18.3. The first-order valence-corrected chi connectivity index (χ1v) is 6.70. The van der Waals surface area contributed by atoms with Gasteiger partial charge in [-0.2, -0.15) is 0 Å². The molecule has 0 saturated carbocycles. The molecule has 0 aromatic carbocycles. The van der Waals surface area contributed by atoms with Crippen LogP contribution in [-0.4, -0.2) is 39.1 Å². The number of hydrogen-bond donors (Lipinski definition) is 0. The lowest BCUT2D eigenvalue weighted by Crippen LogP contribution is -2.26. The molecule has 104 valence electrons. The number of rotatable bonds is 3. The standard InChI is InChI=1S/C14H17N5O/c1-10-7-16-14(17-8-10)20-12-4-6-19(9-12)13-15-5-3-11(2)18-13/h3,5,7-8,12H,4,6,9H2,1-2H3. The lowest BCUT2D eigenvalue weighted by atomic mass is 10.3. The number of ether oxygens (including phenoxy) is 1. The highest BCUT2D eigenvalue weighted by Gasteiger charge is 2.26. The van der Waals surface area contributed by atoms with E-state index in [1.54, 1.807) is 18.6 Å². The SMILES string of the molecule is Cc1cnc(OC2CCN(c3nccc(C)n3)C2)nc1. The Bertz CT molecular complexity index is 586. The molecule has 0 amide bonds. The van der Waals surface area contributed by atoms with Crippen LogP contribution in [0, 0.1) is 13.8 Å². The van der Waals surface area contributed by atoms with E-state index >= 15 is 0 Å². The summed E-state index contributed by atoms with van der Waals surface area (Å²) in [6.07, 6.45) is 6.32. The van der Waals surface area contributed by atoms with Gasteiger partial charge in [0.05, 0.1) is 6.54 Å². The zero-order chi connectivity index (χ0) is 13.9. The molecule has 2 aromatic heterocycles. The predicted molar refractivity (Wildman–Crippen MR) is 74.8 cm³/mol. The molecule has 1 unspecified atom stereocenters. The minimum absolute atomic E-state index is 0.0850. The van der Waals surface area contributed by atoms with Crippen molar-refractivity contribution in [3.8, 4) is 6.01 Å². The molecule has 0 radical (unpaired) electrons. The Labute approximate surface area is 117 Å². The second-order valence-corrected chi connectivity index (χ2v) is 5.02. The van der Waals surface area contributed by atoms with Gasteiger partial charge in [0, 0.05) is 37.3 Å². The van der Waals surface area contributed by atoms with E-state index in [-0.39, 0.29) is 6.10 Å². The average molecular weight is 271 g/mol. The third-order valence-electron chi connectivity index (χ3n) is 3.24. The fourth-order valence-electron chi connectivity index (χ4n) is 2.18. The van der Waals surface area contributed by atoms with E-state index in [4.69, 9.17) is 4.74 Å². The van der Waals surface area contributed by atoms with E-state index in [2.05, 4.69) is 24.8 Å². The molecule has 1 fully saturated rings. The highest BCUT2D eigenvalue weighted by Crippen LogP contribution is 2.19. The quantitative estimate of drug-likeness (QED) is 0.843. The molecule has 1 aliphatic heterocycles. The van der Waals surface area contributed by atoms with E-state index in [9.17, 15) is 0 Å². The molecule has 20 heavy (non-hydrogen) atoms. The smallest absolute Gasteiger partial charge is 0.316 e. The van der Waals surface area contributed by atoms with Gasteiger partial charge in [0.15, 0.2) is 0 Å². The maximum atomic E-state index is 5.79. The van der Waals surface area contributed by atoms with Gasteiger partial charge in [-0.3, -0.25) is 0 Å². The van der Waals surface area contributed by atoms with Crippen LogP contribution in [0.2, 0.25) is 0 Å². The molecule has 6 heteroatoms. The molecule has 1 saturated heterocycles. The molecule has 0 spiro atoms. The molecule has 1 aliphatic rings. The molecule has 1 atom stereocenters.